The van der Waals surface area contributed by atoms with Gasteiger partial charge in [-0.15, -0.1) is 12.3 Å². The van der Waals surface area contributed by atoms with Crippen LogP contribution in [0, 0.1) is 18.3 Å². The van der Waals surface area contributed by atoms with Crippen molar-refractivity contribution in [3.05, 3.63) is 60.2 Å². The van der Waals surface area contributed by atoms with Gasteiger partial charge in [0.25, 0.3) is 0 Å². The molecule has 2 saturated heterocycles. The number of carbonyl (C=O) groups is 11. The number of hydrogen-bond donors (Lipinski definition) is 11. The normalized spacial score (nSPS) is 23.1. The maximum absolute atomic E-state index is 15.1. The molecule has 0 unspecified atom stereocenters. The molecular weight excluding hydrogens is 1070 g/mol. The summed E-state index contributed by atoms with van der Waals surface area (Å²) >= 11 is 0. The third kappa shape index (κ3) is 19.9. The number of nitrogens with two attached hydrogens (primary N) is 2. The van der Waals surface area contributed by atoms with Crippen molar-refractivity contribution in [1.82, 2.24) is 67.3 Å². The molecule has 5 rings (SSSR count). The van der Waals surface area contributed by atoms with Crippen molar-refractivity contribution in [2.45, 2.75) is 153 Å². The zero-order valence-corrected chi connectivity index (χ0v) is 47.4. The monoisotopic (exact) mass is 1150 g/mol. The lowest BCUT2D eigenvalue weighted by molar-refractivity contribution is -0.148. The fourth-order valence-electron chi connectivity index (χ4n) is 9.73. The predicted molar refractivity (Wildman–Crippen MR) is 304 cm³/mol. The number of aliphatic imine (C=N–C) groups is 1. The summed E-state index contributed by atoms with van der Waals surface area (Å²) in [7, 11) is 1.41. The summed E-state index contributed by atoms with van der Waals surface area (Å²) in [5.74, 6) is -5.46. The molecule has 83 heavy (non-hydrogen) atoms. The molecule has 0 radical (unpaired) electrons. The van der Waals surface area contributed by atoms with Crippen LogP contribution in [0.15, 0.2) is 54.0 Å². The highest BCUT2D eigenvalue weighted by Crippen LogP contribution is 2.25. The summed E-state index contributed by atoms with van der Waals surface area (Å²) < 4.78 is 0. The Hall–Kier alpha value is -8.96. The molecule has 0 bridgehead atoms. The number of terminal acetylenes is 1. The van der Waals surface area contributed by atoms with Crippen LogP contribution in [0.3, 0.4) is 0 Å². The third-order valence-electron chi connectivity index (χ3n) is 14.1. The summed E-state index contributed by atoms with van der Waals surface area (Å²) in [6.07, 6.45) is 12.8. The molecule has 2 fully saturated rings. The van der Waals surface area contributed by atoms with Gasteiger partial charge in [0.1, 0.15) is 60.3 Å². The van der Waals surface area contributed by atoms with Gasteiger partial charge in [-0.2, -0.15) is 0 Å². The van der Waals surface area contributed by atoms with Crippen LogP contribution in [0.1, 0.15) is 103 Å². The number of aromatic amines is 1. The highest BCUT2D eigenvalue weighted by atomic mass is 16.2. The molecule has 2 aliphatic heterocycles. The van der Waals surface area contributed by atoms with Crippen molar-refractivity contribution in [2.75, 3.05) is 33.2 Å². The van der Waals surface area contributed by atoms with Gasteiger partial charge in [-0.25, -0.2) is 4.98 Å². The lowest BCUT2D eigenvalue weighted by atomic mass is 10.0. The standard InChI is InChI=1S/C56H78N16O11/c1-6-7-17-45(74)60-21-9-8-15-43-53(81)69-41(29-35-18-24-59-25-19-35)52(80)67-38(14-11-23-62-56(57)58)49(77)64-32-46(75)66-39(20-27-73)50(78)68-40(28-33(2)3)51(79)65-34(4)48(76)70-42(30-36-31-63-47-37(36)13-10-22-61-47)54(82)72-26-12-16-44(72)55(83)71(43)5/h1,10,13,18-19,22,24-25,27,31,33-34,38-44H,7-9,11-12,14-17,20-21,23,26,28-30,32H2,2-5H3,(H,60,74)(H,61,63)(H,64,77)(H,65,79)(H,66,75)(H,67,80)(H,68,78)(H,69,81)(H,70,76)(H4,57,58,62)/t34-,38-,39-,40-,41-,42-,43-,44+/m0/s1. The zero-order valence-electron chi connectivity index (χ0n) is 47.4. The number of rotatable bonds is 19. The molecule has 0 spiro atoms. The number of carbonyl (C=O) groups excluding carboxylic acids is 11. The van der Waals surface area contributed by atoms with Gasteiger partial charge in [0.15, 0.2) is 5.96 Å². The van der Waals surface area contributed by atoms with Gasteiger partial charge in [-0.05, 0) is 99.6 Å². The van der Waals surface area contributed by atoms with E-state index >= 15 is 9.59 Å². The number of fused-ring (bicyclic) bond motifs is 2. The minimum Gasteiger partial charge on any atom is -0.370 e. The molecule has 5 heterocycles. The second-order valence-corrected chi connectivity index (χ2v) is 21.0. The van der Waals surface area contributed by atoms with Gasteiger partial charge in [0.05, 0.1) is 6.54 Å². The number of guanidine groups is 1. The summed E-state index contributed by atoms with van der Waals surface area (Å²) in [6.45, 7) is 4.54. The van der Waals surface area contributed by atoms with Crippen LogP contribution >= 0.6 is 0 Å². The summed E-state index contributed by atoms with van der Waals surface area (Å²) in [6, 6.07) is -3.96. The van der Waals surface area contributed by atoms with Gasteiger partial charge >= 0.3 is 0 Å². The molecule has 2 aliphatic rings. The lowest BCUT2D eigenvalue weighted by Crippen LogP contribution is -2.60. The second kappa shape index (κ2) is 32.5. The Balaban J connectivity index is 1.58. The number of amides is 10. The van der Waals surface area contributed by atoms with E-state index in [0.29, 0.717) is 41.3 Å². The first kappa shape index (κ1) is 64.9. The van der Waals surface area contributed by atoms with Crippen LogP contribution in [0.5, 0.6) is 0 Å². The topological polar surface area (TPSA) is 396 Å². The number of nitrogens with zero attached hydrogens (tertiary/aromatic N) is 5. The van der Waals surface area contributed by atoms with Gasteiger partial charge in [-0.1, -0.05) is 13.8 Å². The average Bonchev–Trinajstić information content (AvgIpc) is 4.17. The second-order valence-electron chi connectivity index (χ2n) is 21.0. The number of hydrogen-bond acceptors (Lipinski definition) is 14. The Bertz CT molecular complexity index is 2850. The molecule has 0 aromatic carbocycles. The van der Waals surface area contributed by atoms with Crippen LogP contribution in [-0.2, 0) is 65.6 Å². The molecular formula is C56H78N16O11. The summed E-state index contributed by atoms with van der Waals surface area (Å²) in [5.41, 5.74) is 12.7. The van der Waals surface area contributed by atoms with Crippen LogP contribution in [0.2, 0.25) is 0 Å². The molecule has 27 heteroatoms. The number of aromatic nitrogens is 3. The van der Waals surface area contributed by atoms with E-state index in [9.17, 15) is 43.2 Å². The van der Waals surface area contributed by atoms with Crippen molar-refractivity contribution in [3.8, 4) is 12.3 Å². The van der Waals surface area contributed by atoms with E-state index in [2.05, 4.69) is 68.4 Å². The first-order valence-electron chi connectivity index (χ1n) is 27.9. The quantitative estimate of drug-likeness (QED) is 0.0204. The maximum Gasteiger partial charge on any atom is 0.246 e. The highest BCUT2D eigenvalue weighted by molar-refractivity contribution is 5.99. The molecule has 0 saturated carbocycles. The minimum absolute atomic E-state index is 0.0141. The average molecular weight is 1150 g/mol. The van der Waals surface area contributed by atoms with Crippen molar-refractivity contribution in [3.63, 3.8) is 0 Å². The van der Waals surface area contributed by atoms with E-state index in [0.717, 1.165) is 0 Å². The zero-order chi connectivity index (χ0) is 60.6. The van der Waals surface area contributed by atoms with Crippen molar-refractivity contribution in [2.24, 2.45) is 22.4 Å². The largest absolute Gasteiger partial charge is 0.370 e. The van der Waals surface area contributed by atoms with E-state index in [1.54, 1.807) is 50.5 Å². The Kier molecular flexibility index (Phi) is 25.4. The molecule has 27 nitrogen and oxygen atoms in total. The van der Waals surface area contributed by atoms with Crippen molar-refractivity contribution >= 4 is 82.4 Å². The molecule has 0 aliphatic carbocycles. The first-order valence-corrected chi connectivity index (χ1v) is 27.9. The van der Waals surface area contributed by atoms with Gasteiger partial charge in [0.2, 0.25) is 59.1 Å². The molecule has 448 valence electrons. The van der Waals surface area contributed by atoms with Crippen LogP contribution in [0.4, 0.5) is 0 Å². The molecule has 3 aromatic heterocycles. The number of H-pyrrole nitrogens is 1. The Labute approximate surface area is 481 Å². The van der Waals surface area contributed by atoms with E-state index in [1.807, 2.05) is 0 Å². The van der Waals surface area contributed by atoms with Gasteiger partial charge < -0.3 is 73.6 Å². The predicted octanol–water partition coefficient (Wildman–Crippen LogP) is -1.99. The van der Waals surface area contributed by atoms with Gasteiger partial charge in [-0.3, -0.25) is 57.9 Å². The smallest absolute Gasteiger partial charge is 0.246 e. The van der Waals surface area contributed by atoms with Crippen LogP contribution in [0.25, 0.3) is 11.0 Å². The van der Waals surface area contributed by atoms with E-state index in [1.165, 1.54) is 36.2 Å². The van der Waals surface area contributed by atoms with Crippen molar-refractivity contribution < 1.29 is 52.7 Å². The SMILES string of the molecule is C#CCCC(=O)NCCCC[C@H]1C(=O)N[C@@H](Cc2ccncc2)C(=O)N[C@@H](CCCN=C(N)N)C(=O)NCC(=O)N[C@@H](CC=O)C(=O)N[C@@H](CC(C)C)C(=O)N[C@@H](C)C(=O)N[C@@H](Cc2c[nH]c3ncccc23)C(=O)N2CCC[C@@H]2C(=O)N1C. The summed E-state index contributed by atoms with van der Waals surface area (Å²) in [4.78, 5) is 172. The lowest BCUT2D eigenvalue weighted by Gasteiger charge is -2.35. The molecule has 3 aromatic rings. The summed E-state index contributed by atoms with van der Waals surface area (Å²) in [5, 5.41) is 21.8. The van der Waals surface area contributed by atoms with Crippen LogP contribution in [-0.4, -0.2) is 178 Å². The van der Waals surface area contributed by atoms with E-state index in [-0.39, 0.29) is 102 Å². The van der Waals surface area contributed by atoms with Crippen LogP contribution < -0.4 is 54.0 Å². The molecule has 10 amide bonds. The maximum atomic E-state index is 15.1. The molecule has 8 atom stereocenters. The number of pyridine rings is 2. The molecule has 13 N–H and O–H groups in total. The number of unbranched alkanes of at least 4 members (excludes halogenated alkanes) is 1. The minimum atomic E-state index is -1.53. The number of aldehydes is 1. The Morgan fingerprint density at radius 2 is 1.52 bits per heavy atom. The Morgan fingerprint density at radius 3 is 2.23 bits per heavy atom. The van der Waals surface area contributed by atoms with Crippen molar-refractivity contribution in [1.29, 1.82) is 0 Å². The Morgan fingerprint density at radius 1 is 0.819 bits per heavy atom. The highest BCUT2D eigenvalue weighted by Gasteiger charge is 2.42. The first-order chi connectivity index (χ1) is 39.7. The number of likely N-dealkylation sites (N-methyl/N-ethyl adjacent to an activating group) is 1. The van der Waals surface area contributed by atoms with E-state index < -0.39 is 114 Å². The van der Waals surface area contributed by atoms with Gasteiger partial charge in [0, 0.05) is 89.0 Å². The number of nitrogens with one attached hydrogen (secondary N) is 9. The third-order valence-corrected chi connectivity index (χ3v) is 14.1. The van der Waals surface area contributed by atoms with E-state index in [4.69, 9.17) is 17.9 Å². The fourth-order valence-corrected chi connectivity index (χ4v) is 9.73. The fraction of sp³-hybridized carbons (Fsp3) is 0.536.